The van der Waals surface area contributed by atoms with Crippen molar-refractivity contribution in [1.29, 1.82) is 0 Å². The number of hydrogen-bond acceptors (Lipinski definition) is 3. The molecule has 1 unspecified atom stereocenters. The van der Waals surface area contributed by atoms with E-state index in [-0.39, 0.29) is 0 Å². The van der Waals surface area contributed by atoms with Crippen molar-refractivity contribution in [2.45, 2.75) is 65.0 Å². The van der Waals surface area contributed by atoms with Gasteiger partial charge in [0.05, 0.1) is 11.0 Å². The lowest BCUT2D eigenvalue weighted by Crippen LogP contribution is -2.37. The van der Waals surface area contributed by atoms with E-state index in [1.165, 1.54) is 24.8 Å². The number of unbranched alkanes of at least 4 members (excludes halogenated alkanes) is 2. The molecule has 21 heavy (non-hydrogen) atoms. The summed E-state index contributed by atoms with van der Waals surface area (Å²) in [6.45, 7) is 5.45. The van der Waals surface area contributed by atoms with Crippen LogP contribution in [0.5, 0.6) is 0 Å². The molecular formula is C17H28N4. The zero-order chi connectivity index (χ0) is 15.1. The summed E-state index contributed by atoms with van der Waals surface area (Å²) in [6.07, 6.45) is 6.85. The van der Waals surface area contributed by atoms with Crippen molar-refractivity contribution in [3.05, 3.63) is 30.1 Å². The molecule has 0 saturated carbocycles. The van der Waals surface area contributed by atoms with Crippen molar-refractivity contribution in [2.24, 2.45) is 5.84 Å². The molecule has 4 nitrogen and oxygen atoms in total. The van der Waals surface area contributed by atoms with Gasteiger partial charge in [-0.1, -0.05) is 45.2 Å². The van der Waals surface area contributed by atoms with E-state index in [9.17, 15) is 0 Å². The van der Waals surface area contributed by atoms with Gasteiger partial charge < -0.3 is 4.57 Å². The normalized spacial score (nSPS) is 12.9. The highest BCUT2D eigenvalue weighted by Gasteiger charge is 2.14. The number of para-hydroxylation sites is 2. The Morgan fingerprint density at radius 2 is 2.00 bits per heavy atom. The molecule has 0 radical (unpaired) electrons. The minimum Gasteiger partial charge on any atom is -0.328 e. The monoisotopic (exact) mass is 288 g/mol. The van der Waals surface area contributed by atoms with Crippen LogP contribution in [0.2, 0.25) is 0 Å². The Balaban J connectivity index is 2.17. The summed E-state index contributed by atoms with van der Waals surface area (Å²) >= 11 is 0. The Kier molecular flexibility index (Phi) is 6.21. The first kappa shape index (κ1) is 16.0. The van der Waals surface area contributed by atoms with E-state index in [1.807, 2.05) is 0 Å². The number of nitrogens with two attached hydrogens (primary N) is 1. The first-order chi connectivity index (χ1) is 10.3. The fraction of sp³-hybridized carbons (Fsp3) is 0.588. The molecule has 116 valence electrons. The minimum atomic E-state index is 0.309. The largest absolute Gasteiger partial charge is 0.328 e. The molecule has 1 aromatic heterocycles. The van der Waals surface area contributed by atoms with Gasteiger partial charge in [0, 0.05) is 19.0 Å². The van der Waals surface area contributed by atoms with Crippen LogP contribution >= 0.6 is 0 Å². The maximum absolute atomic E-state index is 5.73. The topological polar surface area (TPSA) is 55.9 Å². The fourth-order valence-corrected chi connectivity index (χ4v) is 2.86. The quantitative estimate of drug-likeness (QED) is 0.422. The van der Waals surface area contributed by atoms with Crippen LogP contribution in [0.3, 0.4) is 0 Å². The summed E-state index contributed by atoms with van der Waals surface area (Å²) in [5, 5.41) is 0. The van der Waals surface area contributed by atoms with Crippen LogP contribution in [0.25, 0.3) is 11.0 Å². The van der Waals surface area contributed by atoms with Gasteiger partial charge in [0.2, 0.25) is 0 Å². The Morgan fingerprint density at radius 1 is 1.19 bits per heavy atom. The Labute approximate surface area is 127 Å². The summed E-state index contributed by atoms with van der Waals surface area (Å²) in [5.74, 6) is 6.88. The van der Waals surface area contributed by atoms with Crippen LogP contribution in [-0.4, -0.2) is 15.6 Å². The van der Waals surface area contributed by atoms with Crippen LogP contribution in [0, 0.1) is 0 Å². The number of rotatable bonds is 9. The number of hydrogen-bond donors (Lipinski definition) is 2. The summed E-state index contributed by atoms with van der Waals surface area (Å²) in [4.78, 5) is 4.81. The number of aromatic nitrogens is 2. The summed E-state index contributed by atoms with van der Waals surface area (Å²) in [6, 6.07) is 8.69. The lowest BCUT2D eigenvalue weighted by molar-refractivity contribution is 0.451. The number of aryl methyl sites for hydroxylation is 1. The fourth-order valence-electron chi connectivity index (χ4n) is 2.86. The summed E-state index contributed by atoms with van der Waals surface area (Å²) in [5.41, 5.74) is 5.29. The molecule has 0 bridgehead atoms. The van der Waals surface area contributed by atoms with Crippen LogP contribution < -0.4 is 11.3 Å². The molecule has 0 spiro atoms. The number of imidazole rings is 1. The molecule has 4 heteroatoms. The maximum Gasteiger partial charge on any atom is 0.111 e. The van der Waals surface area contributed by atoms with Gasteiger partial charge in [0.15, 0.2) is 0 Å². The smallest absolute Gasteiger partial charge is 0.111 e. The van der Waals surface area contributed by atoms with E-state index >= 15 is 0 Å². The molecule has 2 rings (SSSR count). The van der Waals surface area contributed by atoms with Gasteiger partial charge in [0.25, 0.3) is 0 Å². The zero-order valence-corrected chi connectivity index (χ0v) is 13.3. The second kappa shape index (κ2) is 8.15. The predicted octanol–water partition coefficient (Wildman–Crippen LogP) is 3.40. The molecule has 0 aliphatic heterocycles. The van der Waals surface area contributed by atoms with Gasteiger partial charge in [-0.3, -0.25) is 11.3 Å². The Hall–Kier alpha value is -1.39. The van der Waals surface area contributed by atoms with E-state index in [4.69, 9.17) is 10.8 Å². The van der Waals surface area contributed by atoms with Crippen LogP contribution in [0.1, 0.15) is 51.8 Å². The second-order valence-corrected chi connectivity index (χ2v) is 5.73. The molecule has 1 aromatic carbocycles. The van der Waals surface area contributed by atoms with E-state index in [0.717, 1.165) is 37.1 Å². The number of hydrazine groups is 1. The van der Waals surface area contributed by atoms with Gasteiger partial charge in [-0.25, -0.2) is 4.98 Å². The number of nitrogens with zero attached hydrogens (tertiary/aromatic N) is 2. The van der Waals surface area contributed by atoms with E-state index in [0.29, 0.717) is 6.04 Å². The molecule has 1 atom stereocenters. The van der Waals surface area contributed by atoms with E-state index < -0.39 is 0 Å². The van der Waals surface area contributed by atoms with Crippen LogP contribution in [0.4, 0.5) is 0 Å². The zero-order valence-electron chi connectivity index (χ0n) is 13.3. The third kappa shape index (κ3) is 4.05. The molecule has 0 aliphatic carbocycles. The third-order valence-corrected chi connectivity index (χ3v) is 4.00. The van der Waals surface area contributed by atoms with Crippen molar-refractivity contribution >= 4 is 11.0 Å². The van der Waals surface area contributed by atoms with Gasteiger partial charge in [-0.2, -0.15) is 0 Å². The molecule has 1 heterocycles. The highest BCUT2D eigenvalue weighted by atomic mass is 15.2. The van der Waals surface area contributed by atoms with Gasteiger partial charge in [0.1, 0.15) is 5.82 Å². The maximum atomic E-state index is 5.73. The minimum absolute atomic E-state index is 0.309. The third-order valence-electron chi connectivity index (χ3n) is 4.00. The molecule has 0 amide bonds. The SMILES string of the molecule is CCCCCC(Cc1nc2ccccc2n1CCC)NN. The van der Waals surface area contributed by atoms with Crippen LogP contribution in [-0.2, 0) is 13.0 Å². The van der Waals surface area contributed by atoms with Crippen molar-refractivity contribution in [3.8, 4) is 0 Å². The number of nitrogens with one attached hydrogen (secondary N) is 1. The highest BCUT2D eigenvalue weighted by Crippen LogP contribution is 2.18. The average Bonchev–Trinajstić information content (AvgIpc) is 2.85. The highest BCUT2D eigenvalue weighted by molar-refractivity contribution is 5.75. The first-order valence-corrected chi connectivity index (χ1v) is 8.20. The van der Waals surface area contributed by atoms with Gasteiger partial charge >= 0.3 is 0 Å². The van der Waals surface area contributed by atoms with E-state index in [1.54, 1.807) is 0 Å². The van der Waals surface area contributed by atoms with E-state index in [2.05, 4.69) is 48.1 Å². The van der Waals surface area contributed by atoms with Crippen molar-refractivity contribution in [1.82, 2.24) is 15.0 Å². The molecule has 3 N–H and O–H groups in total. The van der Waals surface area contributed by atoms with Crippen molar-refractivity contribution in [3.63, 3.8) is 0 Å². The number of fused-ring (bicyclic) bond motifs is 1. The molecule has 0 aliphatic rings. The average molecular weight is 288 g/mol. The Morgan fingerprint density at radius 3 is 2.71 bits per heavy atom. The molecular weight excluding hydrogens is 260 g/mol. The number of benzene rings is 1. The van der Waals surface area contributed by atoms with Crippen molar-refractivity contribution in [2.75, 3.05) is 0 Å². The Bertz CT molecular complexity index is 547. The predicted molar refractivity (Wildman–Crippen MR) is 89.0 cm³/mol. The summed E-state index contributed by atoms with van der Waals surface area (Å²) < 4.78 is 2.35. The van der Waals surface area contributed by atoms with Crippen LogP contribution in [0.15, 0.2) is 24.3 Å². The molecule has 0 saturated heterocycles. The van der Waals surface area contributed by atoms with Crippen molar-refractivity contribution < 1.29 is 0 Å². The standard InChI is InChI=1S/C17H28N4/c1-3-5-6-9-14(20-18)13-17-19-15-10-7-8-11-16(15)21(17)12-4-2/h7-8,10-11,14,20H,3-6,9,12-13,18H2,1-2H3. The second-order valence-electron chi connectivity index (χ2n) is 5.73. The van der Waals surface area contributed by atoms with Gasteiger partial charge in [-0.05, 0) is 25.0 Å². The lowest BCUT2D eigenvalue weighted by atomic mass is 10.1. The van der Waals surface area contributed by atoms with Gasteiger partial charge in [-0.15, -0.1) is 0 Å². The lowest BCUT2D eigenvalue weighted by Gasteiger charge is -2.16. The molecule has 0 fully saturated rings. The summed E-state index contributed by atoms with van der Waals surface area (Å²) in [7, 11) is 0. The first-order valence-electron chi connectivity index (χ1n) is 8.20. The molecule has 2 aromatic rings.